The summed E-state index contributed by atoms with van der Waals surface area (Å²) in [5, 5.41) is 5.80. The maximum absolute atomic E-state index is 2.53. The van der Waals surface area contributed by atoms with Gasteiger partial charge in [-0.3, -0.25) is 0 Å². The second-order valence-electron chi connectivity index (χ2n) is 13.9. The lowest BCUT2D eigenvalue weighted by Gasteiger charge is -2.20. The molecule has 2 heterocycles. The normalized spacial score (nSPS) is 12.3. The molecular formula is C41H50N2. The molecule has 0 spiro atoms. The van der Waals surface area contributed by atoms with Gasteiger partial charge in [-0.1, -0.05) is 0 Å². The van der Waals surface area contributed by atoms with Gasteiger partial charge >= 0.3 is 0 Å². The van der Waals surface area contributed by atoms with E-state index < -0.39 is 0 Å². The van der Waals surface area contributed by atoms with Crippen LogP contribution in [0.1, 0.15) is 89.0 Å². The number of hydrogen-bond acceptors (Lipinski definition) is 0. The Morgan fingerprint density at radius 2 is 0.512 bits per heavy atom. The van der Waals surface area contributed by atoms with Gasteiger partial charge in [-0.05, 0) is 186 Å². The van der Waals surface area contributed by atoms with E-state index in [2.05, 4.69) is 120 Å². The van der Waals surface area contributed by atoms with Crippen LogP contribution >= 0.6 is 0 Å². The van der Waals surface area contributed by atoms with E-state index in [1.54, 1.807) is 0 Å². The Morgan fingerprint density at radius 3 is 0.814 bits per heavy atom. The Hall–Kier alpha value is -3.52. The molecule has 0 atom stereocenters. The molecule has 0 saturated carbocycles. The lowest BCUT2D eigenvalue weighted by Crippen LogP contribution is -2.06. The molecule has 224 valence electrons. The fourth-order valence-electron chi connectivity index (χ4n) is 8.62. The molecule has 0 aliphatic rings. The third kappa shape index (κ3) is 3.53. The van der Waals surface area contributed by atoms with Crippen LogP contribution in [0, 0.1) is 96.9 Å². The predicted molar refractivity (Wildman–Crippen MR) is 190 cm³/mol. The highest BCUT2D eigenvalue weighted by molar-refractivity contribution is 6.16. The van der Waals surface area contributed by atoms with Crippen LogP contribution < -0.4 is 0 Å². The first kappa shape index (κ1) is 29.5. The molecule has 0 N–H and O–H groups in total. The average molecular weight is 571 g/mol. The van der Waals surface area contributed by atoms with Crippen molar-refractivity contribution in [3.63, 3.8) is 0 Å². The van der Waals surface area contributed by atoms with E-state index in [0.717, 1.165) is 6.42 Å². The van der Waals surface area contributed by atoms with Gasteiger partial charge in [-0.25, -0.2) is 0 Å². The molecule has 0 unspecified atom stereocenters. The molecule has 0 radical (unpaired) electrons. The van der Waals surface area contributed by atoms with Gasteiger partial charge in [0.05, 0.1) is 22.1 Å². The summed E-state index contributed by atoms with van der Waals surface area (Å²) in [7, 11) is 4.61. The lowest BCUT2D eigenvalue weighted by molar-refractivity contribution is 0.969. The van der Waals surface area contributed by atoms with Gasteiger partial charge in [-0.15, -0.1) is 0 Å². The zero-order chi connectivity index (χ0) is 31.7. The largest absolute Gasteiger partial charge is 0.343 e. The molecule has 0 saturated heterocycles. The molecule has 2 nitrogen and oxygen atoms in total. The third-order valence-corrected chi connectivity index (χ3v) is 12.5. The molecule has 0 bridgehead atoms. The summed E-state index contributed by atoms with van der Waals surface area (Å²) in [6, 6.07) is 0. The molecule has 43 heavy (non-hydrogen) atoms. The Kier molecular flexibility index (Phi) is 6.52. The van der Waals surface area contributed by atoms with Gasteiger partial charge in [0, 0.05) is 42.1 Å². The number of rotatable bonds is 2. The summed E-state index contributed by atoms with van der Waals surface area (Å²) in [5.74, 6) is 0. The van der Waals surface area contributed by atoms with Gasteiger partial charge in [0.15, 0.2) is 0 Å². The van der Waals surface area contributed by atoms with E-state index in [1.165, 1.54) is 133 Å². The Morgan fingerprint density at radius 1 is 0.279 bits per heavy atom. The minimum Gasteiger partial charge on any atom is -0.343 e. The van der Waals surface area contributed by atoms with Crippen molar-refractivity contribution < 1.29 is 0 Å². The van der Waals surface area contributed by atoms with Crippen molar-refractivity contribution >= 4 is 43.6 Å². The van der Waals surface area contributed by atoms with Crippen molar-refractivity contribution in [1.29, 1.82) is 0 Å². The maximum Gasteiger partial charge on any atom is 0.0530 e. The number of aryl methyl sites for hydroxylation is 8. The fourth-order valence-corrected chi connectivity index (χ4v) is 8.62. The third-order valence-electron chi connectivity index (χ3n) is 12.5. The van der Waals surface area contributed by atoms with Crippen molar-refractivity contribution in [3.05, 3.63) is 89.0 Å². The summed E-state index contributed by atoms with van der Waals surface area (Å²) in [6.07, 6.45) is 0.924. The van der Waals surface area contributed by atoms with Crippen molar-refractivity contribution in [2.45, 2.75) is 103 Å². The van der Waals surface area contributed by atoms with E-state index in [4.69, 9.17) is 0 Å². The summed E-state index contributed by atoms with van der Waals surface area (Å²) >= 11 is 0. The molecule has 6 rings (SSSR count). The highest BCUT2D eigenvalue weighted by Crippen LogP contribution is 2.45. The van der Waals surface area contributed by atoms with Crippen LogP contribution in [0.25, 0.3) is 43.6 Å². The smallest absolute Gasteiger partial charge is 0.0530 e. The van der Waals surface area contributed by atoms with Gasteiger partial charge in [0.1, 0.15) is 0 Å². The zero-order valence-corrected chi connectivity index (χ0v) is 29.6. The second-order valence-corrected chi connectivity index (χ2v) is 13.9. The summed E-state index contributed by atoms with van der Waals surface area (Å²) in [5.41, 5.74) is 28.5. The molecule has 2 aromatic heterocycles. The first-order valence-electron chi connectivity index (χ1n) is 16.0. The summed E-state index contributed by atoms with van der Waals surface area (Å²) in [6.45, 7) is 32.6. The maximum atomic E-state index is 2.53. The fraction of sp³-hybridized carbons (Fsp3) is 0.415. The number of nitrogens with zero attached hydrogens (tertiary/aromatic N) is 2. The van der Waals surface area contributed by atoms with Crippen LogP contribution in [0.2, 0.25) is 0 Å². The minimum absolute atomic E-state index is 0.924. The Balaban J connectivity index is 1.83. The molecule has 4 aromatic carbocycles. The number of benzene rings is 4. The number of fused-ring (bicyclic) bond motifs is 6. The van der Waals surface area contributed by atoms with E-state index in [-0.39, 0.29) is 0 Å². The first-order valence-corrected chi connectivity index (χ1v) is 16.0. The highest BCUT2D eigenvalue weighted by Gasteiger charge is 2.27. The molecule has 2 heteroatoms. The van der Waals surface area contributed by atoms with Crippen molar-refractivity contribution in [3.8, 4) is 0 Å². The molecule has 0 aliphatic heterocycles. The summed E-state index contributed by atoms with van der Waals surface area (Å²) in [4.78, 5) is 0. The van der Waals surface area contributed by atoms with Crippen molar-refractivity contribution in [1.82, 2.24) is 9.13 Å². The average Bonchev–Trinajstić information content (AvgIpc) is 3.46. The molecular weight excluding hydrogens is 520 g/mol. The minimum atomic E-state index is 0.924. The van der Waals surface area contributed by atoms with E-state index >= 15 is 0 Å². The van der Waals surface area contributed by atoms with E-state index in [0.29, 0.717) is 0 Å². The number of hydrogen-bond donors (Lipinski definition) is 0. The van der Waals surface area contributed by atoms with Crippen LogP contribution in [0.15, 0.2) is 0 Å². The van der Waals surface area contributed by atoms with Gasteiger partial charge < -0.3 is 9.13 Å². The van der Waals surface area contributed by atoms with Crippen molar-refractivity contribution in [2.24, 2.45) is 14.1 Å². The lowest BCUT2D eigenvalue weighted by atomic mass is 9.85. The zero-order valence-electron chi connectivity index (χ0n) is 29.6. The highest BCUT2D eigenvalue weighted by atomic mass is 15.0. The monoisotopic (exact) mass is 570 g/mol. The molecule has 6 aromatic rings. The van der Waals surface area contributed by atoms with E-state index in [1.807, 2.05) is 0 Å². The quantitative estimate of drug-likeness (QED) is 0.196. The van der Waals surface area contributed by atoms with Gasteiger partial charge in [-0.2, -0.15) is 0 Å². The number of aromatic nitrogens is 2. The van der Waals surface area contributed by atoms with Crippen LogP contribution in [-0.2, 0) is 20.5 Å². The standard InChI is InChI=1S/C41H50N2/c1-18-20(3)30(13)38-34(26(18)9)36-28(11)22(5)24(7)32(40(36)42(38)15)17-33-25(8)23(6)29(12)37-35-27(10)19(2)21(4)31(14)39(35)43(16)41(33)37/h17H2,1-16H3. The topological polar surface area (TPSA) is 9.86 Å². The molecule has 0 fully saturated rings. The second kappa shape index (κ2) is 9.49. The molecule has 0 aliphatic carbocycles. The van der Waals surface area contributed by atoms with Crippen LogP contribution in [-0.4, -0.2) is 9.13 Å². The summed E-state index contributed by atoms with van der Waals surface area (Å²) < 4.78 is 5.06. The Bertz CT molecular complexity index is 2080. The van der Waals surface area contributed by atoms with Crippen LogP contribution in [0.4, 0.5) is 0 Å². The van der Waals surface area contributed by atoms with E-state index in [9.17, 15) is 0 Å². The van der Waals surface area contributed by atoms with Crippen LogP contribution in [0.5, 0.6) is 0 Å². The van der Waals surface area contributed by atoms with Gasteiger partial charge in [0.25, 0.3) is 0 Å². The first-order chi connectivity index (χ1) is 20.1. The van der Waals surface area contributed by atoms with Gasteiger partial charge in [0.2, 0.25) is 0 Å². The SMILES string of the molecule is Cc1c(C)c(C)c2c(c1C)c1c(C)c(C)c(C)c(Cc3c(C)c(C)c(C)c4c5c(C)c(C)c(C)c(C)c5n(C)c34)c1n2C. The van der Waals surface area contributed by atoms with Crippen LogP contribution in [0.3, 0.4) is 0 Å². The van der Waals surface area contributed by atoms with Crippen molar-refractivity contribution in [2.75, 3.05) is 0 Å². The predicted octanol–water partition coefficient (Wildman–Crippen LogP) is 10.9. The molecule has 0 amide bonds. The Labute approximate surface area is 258 Å².